The van der Waals surface area contributed by atoms with E-state index in [0.717, 1.165) is 0 Å². The second-order valence-corrected chi connectivity index (χ2v) is 8.15. The molecule has 1 aliphatic rings. The van der Waals surface area contributed by atoms with Crippen LogP contribution in [0.5, 0.6) is 0 Å². The zero-order chi connectivity index (χ0) is 24.4. The standard InChI is InChI=1S/C27H21NO6/c1-15(2)26(32)28-17-12-10-16(11-13-17)22(29)14-34-27(33)21-9-5-8-20-23(21)25(31)19-7-4-3-6-18(19)24(20)30/h3-13,15H,14H2,1-2H3,(H,28,32). The molecule has 3 aromatic carbocycles. The number of anilines is 1. The lowest BCUT2D eigenvalue weighted by Crippen LogP contribution is -2.25. The van der Waals surface area contributed by atoms with Crippen LogP contribution in [0.15, 0.2) is 66.7 Å². The molecule has 0 spiro atoms. The van der Waals surface area contributed by atoms with Crippen molar-refractivity contribution in [2.45, 2.75) is 13.8 Å². The number of ether oxygens (including phenoxy) is 1. The highest BCUT2D eigenvalue weighted by Crippen LogP contribution is 2.29. The first kappa shape index (κ1) is 22.8. The maximum atomic E-state index is 13.0. The van der Waals surface area contributed by atoms with Crippen molar-refractivity contribution in [3.8, 4) is 0 Å². The van der Waals surface area contributed by atoms with Crippen LogP contribution in [0.4, 0.5) is 5.69 Å². The van der Waals surface area contributed by atoms with E-state index in [-0.39, 0.29) is 45.4 Å². The summed E-state index contributed by atoms with van der Waals surface area (Å²) in [6, 6.07) is 17.0. The summed E-state index contributed by atoms with van der Waals surface area (Å²) >= 11 is 0. The minimum Gasteiger partial charge on any atom is -0.454 e. The number of nitrogens with one attached hydrogen (secondary N) is 1. The first-order valence-electron chi connectivity index (χ1n) is 10.7. The second kappa shape index (κ2) is 9.23. The molecule has 170 valence electrons. The van der Waals surface area contributed by atoms with E-state index in [9.17, 15) is 24.0 Å². The van der Waals surface area contributed by atoms with Crippen LogP contribution in [0, 0.1) is 5.92 Å². The molecule has 0 saturated carbocycles. The molecular formula is C27H21NO6. The molecule has 1 aliphatic carbocycles. The van der Waals surface area contributed by atoms with Gasteiger partial charge in [-0.3, -0.25) is 19.2 Å². The van der Waals surface area contributed by atoms with Crippen molar-refractivity contribution in [1.82, 2.24) is 0 Å². The summed E-state index contributed by atoms with van der Waals surface area (Å²) in [5.41, 5.74) is 1.40. The lowest BCUT2D eigenvalue weighted by molar-refractivity contribution is -0.118. The van der Waals surface area contributed by atoms with Crippen LogP contribution in [-0.2, 0) is 9.53 Å². The number of fused-ring (bicyclic) bond motifs is 2. The third-order valence-corrected chi connectivity index (χ3v) is 5.51. The van der Waals surface area contributed by atoms with Gasteiger partial charge in [-0.05, 0) is 30.3 Å². The number of ketones is 3. The highest BCUT2D eigenvalue weighted by atomic mass is 16.5. The lowest BCUT2D eigenvalue weighted by Gasteiger charge is -2.19. The Bertz CT molecular complexity index is 1340. The number of carbonyl (C=O) groups is 5. The predicted molar refractivity (Wildman–Crippen MR) is 124 cm³/mol. The van der Waals surface area contributed by atoms with Gasteiger partial charge in [-0.25, -0.2) is 4.79 Å². The van der Waals surface area contributed by atoms with Crippen LogP contribution in [0.25, 0.3) is 0 Å². The molecule has 3 aromatic rings. The minimum absolute atomic E-state index is 0.0195. The molecule has 1 N–H and O–H groups in total. The summed E-state index contributed by atoms with van der Waals surface area (Å²) in [6.45, 7) is 3.00. The summed E-state index contributed by atoms with van der Waals surface area (Å²) in [4.78, 5) is 62.9. The molecule has 0 atom stereocenters. The van der Waals surface area contributed by atoms with E-state index in [1.165, 1.54) is 36.4 Å². The fourth-order valence-corrected chi connectivity index (χ4v) is 3.63. The van der Waals surface area contributed by atoms with Gasteiger partial charge < -0.3 is 10.1 Å². The van der Waals surface area contributed by atoms with Crippen molar-refractivity contribution in [3.63, 3.8) is 0 Å². The summed E-state index contributed by atoms with van der Waals surface area (Å²) in [7, 11) is 0. The Morgan fingerprint density at radius 2 is 1.41 bits per heavy atom. The van der Waals surface area contributed by atoms with Crippen molar-refractivity contribution in [2.24, 2.45) is 5.92 Å². The third kappa shape index (κ3) is 4.28. The monoisotopic (exact) mass is 455 g/mol. The average Bonchev–Trinajstić information content (AvgIpc) is 2.85. The fourth-order valence-electron chi connectivity index (χ4n) is 3.63. The number of Topliss-reactive ketones (excluding diaryl/α,β-unsaturated/α-hetero) is 1. The molecule has 4 rings (SSSR count). The van der Waals surface area contributed by atoms with Crippen molar-refractivity contribution in [2.75, 3.05) is 11.9 Å². The molecule has 1 amide bonds. The fraction of sp³-hybridized carbons (Fsp3) is 0.148. The minimum atomic E-state index is -0.869. The van der Waals surface area contributed by atoms with E-state index in [1.54, 1.807) is 44.2 Å². The Hall–Kier alpha value is -4.39. The van der Waals surface area contributed by atoms with Crippen LogP contribution < -0.4 is 5.32 Å². The number of benzene rings is 3. The molecular weight excluding hydrogens is 434 g/mol. The van der Waals surface area contributed by atoms with E-state index >= 15 is 0 Å². The molecule has 0 saturated heterocycles. The maximum Gasteiger partial charge on any atom is 0.339 e. The Kier molecular flexibility index (Phi) is 6.19. The number of rotatable bonds is 6. The quantitative estimate of drug-likeness (QED) is 0.347. The number of hydrogen-bond donors (Lipinski definition) is 1. The zero-order valence-electron chi connectivity index (χ0n) is 18.6. The number of esters is 1. The van der Waals surface area contributed by atoms with Gasteiger partial charge in [0.25, 0.3) is 0 Å². The first-order valence-corrected chi connectivity index (χ1v) is 10.7. The highest BCUT2D eigenvalue weighted by Gasteiger charge is 2.33. The second-order valence-electron chi connectivity index (χ2n) is 8.15. The van der Waals surface area contributed by atoms with Crippen LogP contribution >= 0.6 is 0 Å². The van der Waals surface area contributed by atoms with Crippen LogP contribution in [0.1, 0.15) is 66.4 Å². The summed E-state index contributed by atoms with van der Waals surface area (Å²) < 4.78 is 5.19. The van der Waals surface area contributed by atoms with E-state index in [4.69, 9.17) is 4.74 Å². The Balaban J connectivity index is 1.48. The molecule has 7 heteroatoms. The van der Waals surface area contributed by atoms with Crippen molar-refractivity contribution in [3.05, 3.63) is 100 Å². The van der Waals surface area contributed by atoms with Gasteiger partial charge >= 0.3 is 5.97 Å². The number of carbonyl (C=O) groups excluding carboxylic acids is 5. The largest absolute Gasteiger partial charge is 0.454 e. The van der Waals surface area contributed by atoms with Gasteiger partial charge in [0.05, 0.1) is 5.56 Å². The molecule has 0 heterocycles. The molecule has 0 bridgehead atoms. The Morgan fingerprint density at radius 1 is 0.794 bits per heavy atom. The predicted octanol–water partition coefficient (Wildman–Crippen LogP) is 4.10. The van der Waals surface area contributed by atoms with Crippen LogP contribution in [0.3, 0.4) is 0 Å². The van der Waals surface area contributed by atoms with Gasteiger partial charge in [0.1, 0.15) is 0 Å². The highest BCUT2D eigenvalue weighted by molar-refractivity contribution is 6.30. The summed E-state index contributed by atoms with van der Waals surface area (Å²) in [5, 5.41) is 2.73. The van der Waals surface area contributed by atoms with Crippen LogP contribution in [-0.4, -0.2) is 35.8 Å². The molecule has 7 nitrogen and oxygen atoms in total. The van der Waals surface area contributed by atoms with Gasteiger partial charge in [-0.15, -0.1) is 0 Å². The SMILES string of the molecule is CC(C)C(=O)Nc1ccc(C(=O)COC(=O)c2cccc3c2C(=O)c2ccccc2C3=O)cc1. The Morgan fingerprint density at radius 3 is 2.06 bits per heavy atom. The Labute approximate surface area is 195 Å². The molecule has 0 aromatic heterocycles. The summed E-state index contributed by atoms with van der Waals surface area (Å²) in [6.07, 6.45) is 0. The summed E-state index contributed by atoms with van der Waals surface area (Å²) in [5.74, 6) is -2.43. The van der Waals surface area contributed by atoms with Gasteiger partial charge in [0, 0.05) is 39.4 Å². The normalized spacial score (nSPS) is 12.1. The number of amides is 1. The smallest absolute Gasteiger partial charge is 0.339 e. The van der Waals surface area contributed by atoms with Gasteiger partial charge in [0.2, 0.25) is 5.91 Å². The van der Waals surface area contributed by atoms with Crippen LogP contribution in [0.2, 0.25) is 0 Å². The lowest BCUT2D eigenvalue weighted by atomic mass is 9.82. The van der Waals surface area contributed by atoms with Gasteiger partial charge in [-0.1, -0.05) is 50.2 Å². The zero-order valence-corrected chi connectivity index (χ0v) is 18.6. The van der Waals surface area contributed by atoms with Crippen molar-refractivity contribution < 1.29 is 28.7 Å². The number of hydrogen-bond acceptors (Lipinski definition) is 6. The van der Waals surface area contributed by atoms with E-state index in [1.807, 2.05) is 0 Å². The van der Waals surface area contributed by atoms with Crippen molar-refractivity contribution in [1.29, 1.82) is 0 Å². The molecule has 34 heavy (non-hydrogen) atoms. The molecule has 0 fully saturated rings. The van der Waals surface area contributed by atoms with Crippen molar-refractivity contribution >= 4 is 34.9 Å². The first-order chi connectivity index (χ1) is 16.3. The third-order valence-electron chi connectivity index (χ3n) is 5.51. The molecule has 0 unspecified atom stereocenters. The van der Waals surface area contributed by atoms with E-state index in [0.29, 0.717) is 11.3 Å². The van der Waals surface area contributed by atoms with E-state index < -0.39 is 24.1 Å². The topological polar surface area (TPSA) is 107 Å². The molecule has 0 aliphatic heterocycles. The average molecular weight is 455 g/mol. The molecule has 0 radical (unpaired) electrons. The maximum absolute atomic E-state index is 13.0. The van der Waals surface area contributed by atoms with Gasteiger partial charge in [-0.2, -0.15) is 0 Å². The van der Waals surface area contributed by atoms with E-state index in [2.05, 4.69) is 5.32 Å². The van der Waals surface area contributed by atoms with Gasteiger partial charge in [0.15, 0.2) is 24.0 Å².